The molecule has 0 radical (unpaired) electrons. The predicted octanol–water partition coefficient (Wildman–Crippen LogP) is 4.11. The number of aromatic amines is 1. The second-order valence-electron chi connectivity index (χ2n) is 4.30. The Morgan fingerprint density at radius 1 is 1.23 bits per heavy atom. The molecule has 1 heterocycles. The number of carbonyl (C=O) groups is 1. The molecule has 1 amide bonds. The molecule has 0 bridgehead atoms. The smallest absolute Gasteiger partial charge is 0.252 e. The Kier molecular flexibility index (Phi) is 6.50. The van der Waals surface area contributed by atoms with Gasteiger partial charge in [-0.05, 0) is 75.5 Å². The van der Waals surface area contributed by atoms with Gasteiger partial charge in [0.15, 0.2) is 0 Å². The molecule has 0 aliphatic rings. The van der Waals surface area contributed by atoms with Crippen molar-refractivity contribution in [2.45, 2.75) is 4.90 Å². The fourth-order valence-electron chi connectivity index (χ4n) is 1.75. The van der Waals surface area contributed by atoms with E-state index in [0.717, 1.165) is 9.22 Å². The summed E-state index contributed by atoms with van der Waals surface area (Å²) < 4.78 is 2.33. The van der Waals surface area contributed by atoms with E-state index in [9.17, 15) is 4.79 Å². The minimum Gasteiger partial charge on any atom is -0.355 e. The van der Waals surface area contributed by atoms with E-state index in [1.807, 2.05) is 12.1 Å². The molecule has 2 N–H and O–H groups in total. The molecule has 22 heavy (non-hydrogen) atoms. The van der Waals surface area contributed by atoms with Gasteiger partial charge >= 0.3 is 0 Å². The quantitative estimate of drug-likeness (QED) is 0.324. The number of aromatic nitrogens is 2. The van der Waals surface area contributed by atoms with Gasteiger partial charge in [-0.3, -0.25) is 9.89 Å². The average Bonchev–Trinajstić information content (AvgIpc) is 2.88. The van der Waals surface area contributed by atoms with Crippen molar-refractivity contribution < 1.29 is 4.79 Å². The summed E-state index contributed by atoms with van der Waals surface area (Å²) in [4.78, 5) is 11.8. The summed E-state index contributed by atoms with van der Waals surface area (Å²) in [5.74, 6) is -0.101. The number of benzene rings is 2. The second-order valence-corrected chi connectivity index (χ2v) is 7.10. The first-order valence-corrected chi connectivity index (χ1v) is 8.92. The highest BCUT2D eigenvalue weighted by Crippen LogP contribution is 2.19. The van der Waals surface area contributed by atoms with Crippen molar-refractivity contribution in [2.24, 2.45) is 0 Å². The van der Waals surface area contributed by atoms with Gasteiger partial charge in [0.25, 0.3) is 5.91 Å². The van der Waals surface area contributed by atoms with Gasteiger partial charge < -0.3 is 5.32 Å². The van der Waals surface area contributed by atoms with Crippen LogP contribution in [0.25, 0.3) is 10.9 Å². The maximum atomic E-state index is 11.1. The molecule has 3 rings (SSSR count). The summed E-state index contributed by atoms with van der Waals surface area (Å²) in [6, 6.07) is 13.4. The van der Waals surface area contributed by atoms with Crippen LogP contribution < -0.4 is 5.32 Å². The lowest BCUT2D eigenvalue weighted by molar-refractivity contribution is 0.0960. The van der Waals surface area contributed by atoms with Gasteiger partial charge in [-0.15, -0.1) is 12.6 Å². The average molecular weight is 537 g/mol. The van der Waals surface area contributed by atoms with Crippen molar-refractivity contribution >= 4 is 74.6 Å². The first kappa shape index (κ1) is 17.5. The lowest BCUT2D eigenvalue weighted by Crippen LogP contribution is -2.18. The number of amides is 1. The van der Waals surface area contributed by atoms with Gasteiger partial charge in [0.2, 0.25) is 0 Å². The van der Waals surface area contributed by atoms with Crippen molar-refractivity contribution in [3.8, 4) is 0 Å². The Bertz CT molecular complexity index is 804. The molecular formula is C15H13I2N3OS. The van der Waals surface area contributed by atoms with E-state index in [4.69, 9.17) is 0 Å². The van der Waals surface area contributed by atoms with E-state index in [-0.39, 0.29) is 5.91 Å². The van der Waals surface area contributed by atoms with Gasteiger partial charge in [-0.2, -0.15) is 5.10 Å². The summed E-state index contributed by atoms with van der Waals surface area (Å²) in [5, 5.41) is 10.8. The third-order valence-corrected chi connectivity index (χ3v) is 4.73. The van der Waals surface area contributed by atoms with Crippen LogP contribution in [-0.2, 0) is 0 Å². The maximum absolute atomic E-state index is 11.1. The number of nitrogens with one attached hydrogen (secondary N) is 2. The molecule has 1 aromatic heterocycles. The van der Waals surface area contributed by atoms with Crippen LogP contribution in [0.5, 0.6) is 0 Å². The zero-order chi connectivity index (χ0) is 16.1. The van der Waals surface area contributed by atoms with Crippen LogP contribution >= 0.6 is 57.8 Å². The molecule has 3 aromatic rings. The van der Waals surface area contributed by atoms with Gasteiger partial charge in [-0.25, -0.2) is 0 Å². The highest BCUT2D eigenvalue weighted by atomic mass is 127. The number of hydrogen-bond acceptors (Lipinski definition) is 3. The zero-order valence-electron chi connectivity index (χ0n) is 11.6. The Morgan fingerprint density at radius 3 is 2.64 bits per heavy atom. The SMILES string of the molecule is CNC(=O)c1ccccc1S.Ic1ccc2c(I)[nH]nc2c1. The molecule has 2 aromatic carbocycles. The third-order valence-electron chi connectivity index (χ3n) is 2.85. The number of thiol groups is 1. The first-order chi connectivity index (χ1) is 10.5. The molecule has 0 aliphatic heterocycles. The van der Waals surface area contributed by atoms with Crippen LogP contribution in [0.15, 0.2) is 47.4 Å². The molecule has 0 atom stereocenters. The minimum absolute atomic E-state index is 0.101. The molecule has 0 saturated carbocycles. The number of carbonyl (C=O) groups excluding carboxylic acids is 1. The second kappa shape index (κ2) is 8.16. The summed E-state index contributed by atoms with van der Waals surface area (Å²) in [5.41, 5.74) is 1.65. The molecule has 0 saturated heterocycles. The zero-order valence-corrected chi connectivity index (χ0v) is 16.8. The van der Waals surface area contributed by atoms with E-state index in [2.05, 4.69) is 91.5 Å². The normalized spacial score (nSPS) is 10.0. The van der Waals surface area contributed by atoms with Crippen molar-refractivity contribution in [1.29, 1.82) is 0 Å². The van der Waals surface area contributed by atoms with Gasteiger partial charge in [-0.1, -0.05) is 12.1 Å². The van der Waals surface area contributed by atoms with Crippen molar-refractivity contribution in [2.75, 3.05) is 7.05 Å². The predicted molar refractivity (Wildman–Crippen MR) is 109 cm³/mol. The van der Waals surface area contributed by atoms with E-state index < -0.39 is 0 Å². The van der Waals surface area contributed by atoms with E-state index in [1.54, 1.807) is 19.2 Å². The standard InChI is InChI=1S/C8H9NOS.C7H4I2N2/c1-9-8(10)6-4-2-3-5-7(6)11;8-4-1-2-5-6(3-4)10-11-7(5)9/h2-5,11H,1H3,(H,9,10);1-3H,(H,10,11). The molecule has 7 heteroatoms. The Hall–Kier alpha value is -0.810. The minimum atomic E-state index is -0.101. The van der Waals surface area contributed by atoms with Crippen LogP contribution in [0, 0.1) is 7.27 Å². The van der Waals surface area contributed by atoms with Crippen LogP contribution in [0.2, 0.25) is 0 Å². The van der Waals surface area contributed by atoms with Gasteiger partial charge in [0.1, 0.15) is 3.70 Å². The number of fused-ring (bicyclic) bond motifs is 1. The molecule has 4 nitrogen and oxygen atoms in total. The lowest BCUT2D eigenvalue weighted by Gasteiger charge is -2.01. The van der Waals surface area contributed by atoms with Crippen LogP contribution in [0.1, 0.15) is 10.4 Å². The summed E-state index contributed by atoms with van der Waals surface area (Å²) in [6.07, 6.45) is 0. The fourth-order valence-corrected chi connectivity index (χ4v) is 3.07. The maximum Gasteiger partial charge on any atom is 0.252 e. The summed E-state index contributed by atoms with van der Waals surface area (Å²) in [7, 11) is 1.60. The molecule has 0 aliphatic carbocycles. The number of H-pyrrole nitrogens is 1. The van der Waals surface area contributed by atoms with Crippen molar-refractivity contribution in [1.82, 2.24) is 15.5 Å². The topological polar surface area (TPSA) is 57.8 Å². The van der Waals surface area contributed by atoms with E-state index >= 15 is 0 Å². The molecule has 0 unspecified atom stereocenters. The molecular weight excluding hydrogens is 524 g/mol. The van der Waals surface area contributed by atoms with Gasteiger partial charge in [0.05, 0.1) is 11.1 Å². The fraction of sp³-hybridized carbons (Fsp3) is 0.0667. The Morgan fingerprint density at radius 2 is 1.95 bits per heavy atom. The van der Waals surface area contributed by atoms with Crippen molar-refractivity contribution in [3.05, 3.63) is 55.3 Å². The molecule has 0 fully saturated rings. The number of hydrogen-bond donors (Lipinski definition) is 3. The monoisotopic (exact) mass is 537 g/mol. The number of halogens is 2. The van der Waals surface area contributed by atoms with Crippen LogP contribution in [-0.4, -0.2) is 23.2 Å². The summed E-state index contributed by atoms with van der Waals surface area (Å²) in [6.45, 7) is 0. The number of rotatable bonds is 1. The van der Waals surface area contributed by atoms with E-state index in [0.29, 0.717) is 10.5 Å². The van der Waals surface area contributed by atoms with Crippen LogP contribution in [0.3, 0.4) is 0 Å². The molecule has 114 valence electrons. The Labute approximate surface area is 161 Å². The third kappa shape index (κ3) is 4.35. The first-order valence-electron chi connectivity index (χ1n) is 6.32. The lowest BCUT2D eigenvalue weighted by atomic mass is 10.2. The van der Waals surface area contributed by atoms with Gasteiger partial charge in [0, 0.05) is 20.9 Å². The number of nitrogens with zero attached hydrogens (tertiary/aromatic N) is 1. The largest absolute Gasteiger partial charge is 0.355 e. The van der Waals surface area contributed by atoms with Crippen LogP contribution in [0.4, 0.5) is 0 Å². The highest BCUT2D eigenvalue weighted by Gasteiger charge is 2.04. The van der Waals surface area contributed by atoms with E-state index in [1.165, 1.54) is 8.96 Å². The van der Waals surface area contributed by atoms with Crippen molar-refractivity contribution in [3.63, 3.8) is 0 Å². The Balaban J connectivity index is 0.000000160. The molecule has 0 spiro atoms. The summed E-state index contributed by atoms with van der Waals surface area (Å²) >= 11 is 8.66. The highest BCUT2D eigenvalue weighted by molar-refractivity contribution is 14.1.